The molecule has 0 saturated heterocycles. The molecule has 1 N–H and O–H groups in total. The number of ether oxygens (including phenoxy) is 2. The second kappa shape index (κ2) is 7.61. The maximum Gasteiger partial charge on any atom is 0.305 e. The molecule has 1 heterocycles. The molecule has 5 heteroatoms. The van der Waals surface area contributed by atoms with E-state index in [1.807, 2.05) is 0 Å². The van der Waals surface area contributed by atoms with E-state index in [0.29, 0.717) is 30.4 Å². The van der Waals surface area contributed by atoms with Gasteiger partial charge in [0.05, 0.1) is 12.3 Å². The van der Waals surface area contributed by atoms with Crippen molar-refractivity contribution in [2.24, 2.45) is 5.92 Å². The van der Waals surface area contributed by atoms with Gasteiger partial charge in [-0.15, -0.1) is 0 Å². The van der Waals surface area contributed by atoms with Crippen molar-refractivity contribution in [1.29, 1.82) is 0 Å². The van der Waals surface area contributed by atoms with Gasteiger partial charge >= 0.3 is 5.97 Å². The molecule has 0 aromatic carbocycles. The summed E-state index contributed by atoms with van der Waals surface area (Å²) in [6.45, 7) is 6.51. The Kier molecular flexibility index (Phi) is 6.12. The number of aromatic nitrogens is 1. The summed E-state index contributed by atoms with van der Waals surface area (Å²) >= 11 is 0. The topological polar surface area (TPSA) is 68.4 Å². The molecule has 0 radical (unpaired) electrons. The van der Waals surface area contributed by atoms with Crippen molar-refractivity contribution in [2.45, 2.75) is 40.2 Å². The molecule has 1 rings (SSSR count). The van der Waals surface area contributed by atoms with E-state index >= 15 is 0 Å². The summed E-state index contributed by atoms with van der Waals surface area (Å²) in [5.41, 5.74) is 0.355. The van der Waals surface area contributed by atoms with E-state index in [2.05, 4.69) is 18.8 Å². The Bertz CT molecular complexity index is 465. The highest BCUT2D eigenvalue weighted by Gasteiger charge is 2.05. The third-order valence-electron chi connectivity index (χ3n) is 2.57. The van der Waals surface area contributed by atoms with Gasteiger partial charge in [-0.1, -0.05) is 20.8 Å². The number of pyridine rings is 1. The highest BCUT2D eigenvalue weighted by molar-refractivity contribution is 5.68. The summed E-state index contributed by atoms with van der Waals surface area (Å²) in [4.78, 5) is 25.6. The van der Waals surface area contributed by atoms with Crippen LogP contribution in [0.3, 0.4) is 0 Å². The highest BCUT2D eigenvalue weighted by Crippen LogP contribution is 2.06. The zero-order valence-electron chi connectivity index (χ0n) is 11.7. The smallest absolute Gasteiger partial charge is 0.305 e. The van der Waals surface area contributed by atoms with Crippen molar-refractivity contribution in [2.75, 3.05) is 6.61 Å². The van der Waals surface area contributed by atoms with Crippen LogP contribution in [0.25, 0.3) is 0 Å². The average molecular weight is 267 g/mol. The Balaban J connectivity index is 2.54. The van der Waals surface area contributed by atoms with Gasteiger partial charge in [0.15, 0.2) is 5.75 Å². The SMILES string of the molecule is CCC(=O)OCc1cc(=O)c(OCCC(C)C)c[nH]1. The lowest BCUT2D eigenvalue weighted by atomic mass is 10.1. The number of aromatic amines is 1. The van der Waals surface area contributed by atoms with Crippen molar-refractivity contribution in [3.63, 3.8) is 0 Å². The molecule has 0 amide bonds. The van der Waals surface area contributed by atoms with E-state index in [0.717, 1.165) is 6.42 Å². The van der Waals surface area contributed by atoms with Gasteiger partial charge in [-0.05, 0) is 12.3 Å². The Morgan fingerprint density at radius 2 is 2.16 bits per heavy atom. The predicted molar refractivity (Wildman–Crippen MR) is 72.1 cm³/mol. The second-order valence-electron chi connectivity index (χ2n) is 4.73. The molecule has 0 bridgehead atoms. The Hall–Kier alpha value is -1.78. The van der Waals surface area contributed by atoms with Crippen LogP contribution in [-0.2, 0) is 16.1 Å². The standard InChI is InChI=1S/C14H21NO4/c1-4-14(17)19-9-11-7-12(16)13(8-15-11)18-6-5-10(2)3/h7-8,10H,4-6,9H2,1-3H3,(H,15,16). The summed E-state index contributed by atoms with van der Waals surface area (Å²) in [6, 6.07) is 1.40. The van der Waals surface area contributed by atoms with Gasteiger partial charge in [-0.3, -0.25) is 9.59 Å². The van der Waals surface area contributed by atoms with E-state index in [1.54, 1.807) is 6.92 Å². The predicted octanol–water partition coefficient (Wildman–Crippen LogP) is 2.25. The number of carbonyl (C=O) groups excluding carboxylic acids is 1. The van der Waals surface area contributed by atoms with Crippen LogP contribution >= 0.6 is 0 Å². The molecule has 0 aliphatic heterocycles. The number of hydrogen-bond acceptors (Lipinski definition) is 4. The normalized spacial score (nSPS) is 10.5. The molecular formula is C14H21NO4. The summed E-state index contributed by atoms with van der Waals surface area (Å²) < 4.78 is 10.3. The molecular weight excluding hydrogens is 246 g/mol. The van der Waals surface area contributed by atoms with Crippen LogP contribution in [0.15, 0.2) is 17.1 Å². The summed E-state index contributed by atoms with van der Waals surface area (Å²) in [7, 11) is 0. The van der Waals surface area contributed by atoms with Gasteiger partial charge in [0.2, 0.25) is 5.43 Å². The summed E-state index contributed by atoms with van der Waals surface area (Å²) in [6.07, 6.45) is 2.73. The van der Waals surface area contributed by atoms with E-state index in [1.165, 1.54) is 12.3 Å². The van der Waals surface area contributed by atoms with Crippen molar-refractivity contribution in [3.8, 4) is 5.75 Å². The van der Waals surface area contributed by atoms with Gasteiger partial charge in [0, 0.05) is 18.7 Å². The number of carbonyl (C=O) groups is 1. The van der Waals surface area contributed by atoms with Crippen molar-refractivity contribution >= 4 is 5.97 Å². The fourth-order valence-corrected chi connectivity index (χ4v) is 1.36. The molecule has 1 aromatic rings. The fraction of sp³-hybridized carbons (Fsp3) is 0.571. The number of hydrogen-bond donors (Lipinski definition) is 1. The molecule has 106 valence electrons. The van der Waals surface area contributed by atoms with Crippen LogP contribution in [0.4, 0.5) is 0 Å². The van der Waals surface area contributed by atoms with Crippen LogP contribution in [0, 0.1) is 5.92 Å². The lowest BCUT2D eigenvalue weighted by Gasteiger charge is -2.08. The third-order valence-corrected chi connectivity index (χ3v) is 2.57. The molecule has 19 heavy (non-hydrogen) atoms. The average Bonchev–Trinajstić information content (AvgIpc) is 2.37. The lowest BCUT2D eigenvalue weighted by Crippen LogP contribution is -2.12. The first-order valence-corrected chi connectivity index (χ1v) is 6.53. The van der Waals surface area contributed by atoms with Gasteiger partial charge in [-0.2, -0.15) is 0 Å². The number of nitrogens with one attached hydrogen (secondary N) is 1. The zero-order chi connectivity index (χ0) is 14.3. The summed E-state index contributed by atoms with van der Waals surface area (Å²) in [5.74, 6) is 0.538. The van der Waals surface area contributed by atoms with E-state index in [4.69, 9.17) is 9.47 Å². The van der Waals surface area contributed by atoms with E-state index in [9.17, 15) is 9.59 Å². The maximum absolute atomic E-state index is 11.7. The fourth-order valence-electron chi connectivity index (χ4n) is 1.36. The van der Waals surface area contributed by atoms with E-state index in [-0.39, 0.29) is 18.0 Å². The molecule has 0 unspecified atom stereocenters. The second-order valence-corrected chi connectivity index (χ2v) is 4.73. The monoisotopic (exact) mass is 267 g/mol. The summed E-state index contributed by atoms with van der Waals surface area (Å²) in [5, 5.41) is 0. The molecule has 0 spiro atoms. The molecule has 0 atom stereocenters. The number of rotatable bonds is 7. The minimum atomic E-state index is -0.293. The van der Waals surface area contributed by atoms with Crippen LogP contribution in [0.2, 0.25) is 0 Å². The van der Waals surface area contributed by atoms with Crippen molar-refractivity contribution in [1.82, 2.24) is 4.98 Å². The molecule has 0 aliphatic carbocycles. The molecule has 0 aliphatic rings. The Labute approximate surface area is 112 Å². The van der Waals surface area contributed by atoms with Crippen molar-refractivity contribution < 1.29 is 14.3 Å². The first-order valence-electron chi connectivity index (χ1n) is 6.53. The minimum Gasteiger partial charge on any atom is -0.488 e. The van der Waals surface area contributed by atoms with Crippen molar-refractivity contribution in [3.05, 3.63) is 28.2 Å². The molecule has 5 nitrogen and oxygen atoms in total. The van der Waals surface area contributed by atoms with Gasteiger partial charge in [0.1, 0.15) is 6.61 Å². The Morgan fingerprint density at radius 1 is 1.42 bits per heavy atom. The Morgan fingerprint density at radius 3 is 2.74 bits per heavy atom. The van der Waals surface area contributed by atoms with Crippen LogP contribution < -0.4 is 10.2 Å². The maximum atomic E-state index is 11.7. The molecule has 0 fully saturated rings. The largest absolute Gasteiger partial charge is 0.488 e. The van der Waals surface area contributed by atoms with Gasteiger partial charge in [-0.25, -0.2) is 0 Å². The third kappa shape index (κ3) is 5.59. The van der Waals surface area contributed by atoms with Crippen LogP contribution in [-0.4, -0.2) is 17.6 Å². The lowest BCUT2D eigenvalue weighted by molar-refractivity contribution is -0.144. The first-order chi connectivity index (χ1) is 9.02. The number of H-pyrrole nitrogens is 1. The van der Waals surface area contributed by atoms with E-state index < -0.39 is 0 Å². The molecule has 0 saturated carbocycles. The minimum absolute atomic E-state index is 0.0776. The van der Waals surface area contributed by atoms with Gasteiger partial charge < -0.3 is 14.5 Å². The first kappa shape index (κ1) is 15.3. The number of esters is 1. The quantitative estimate of drug-likeness (QED) is 0.769. The van der Waals surface area contributed by atoms with Gasteiger partial charge in [0.25, 0.3) is 0 Å². The highest BCUT2D eigenvalue weighted by atomic mass is 16.5. The van der Waals surface area contributed by atoms with Crippen LogP contribution in [0.1, 0.15) is 39.3 Å². The van der Waals surface area contributed by atoms with Crippen LogP contribution in [0.5, 0.6) is 5.75 Å². The molecule has 1 aromatic heterocycles. The zero-order valence-corrected chi connectivity index (χ0v) is 11.7.